The minimum absolute atomic E-state index is 0.375. The molecule has 0 aromatic heterocycles. The Balaban J connectivity index is 2.71. The molecule has 0 aliphatic carbocycles. The van der Waals surface area contributed by atoms with Gasteiger partial charge in [0.05, 0.1) is 4.47 Å². The topological polar surface area (TPSA) is 63.6 Å². The molecule has 72 valence electrons. The van der Waals surface area contributed by atoms with Crippen LogP contribution in [0.1, 0.15) is 0 Å². The number of halogens is 1. The lowest BCUT2D eigenvalue weighted by Crippen LogP contribution is -2.10. The lowest BCUT2D eigenvalue weighted by Gasteiger charge is -2.04. The number of ether oxygens (including phenoxy) is 1. The van der Waals surface area contributed by atoms with Crippen LogP contribution in [0.25, 0.3) is 0 Å². The molecule has 0 aliphatic rings. The molecule has 0 saturated carbocycles. The Morgan fingerprint density at radius 1 is 1.38 bits per heavy atom. The van der Waals surface area contributed by atoms with Gasteiger partial charge in [-0.05, 0) is 28.1 Å². The van der Waals surface area contributed by atoms with Gasteiger partial charge in [-0.25, -0.2) is 0 Å². The zero-order valence-corrected chi connectivity index (χ0v) is 8.88. The Bertz CT molecular complexity index is 387. The van der Waals surface area contributed by atoms with Crippen LogP contribution in [0.4, 0.5) is 0 Å². The van der Waals surface area contributed by atoms with Crippen molar-refractivity contribution in [1.82, 2.24) is 0 Å². The molecule has 1 rings (SSSR count). The zero-order valence-electron chi connectivity index (χ0n) is 6.47. The molecule has 0 bridgehead atoms. The standard InChI is InChI=1S/C7H7BrO4S/c8-6-3-1-2-4-7(6)12-5-13(9,10)11/h1-4H,5H2,(H,9,10,11). The second-order valence-corrected chi connectivity index (χ2v) is 4.53. The number of hydrogen-bond acceptors (Lipinski definition) is 3. The lowest BCUT2D eigenvalue weighted by molar-refractivity contribution is 0.351. The first-order chi connectivity index (χ1) is 5.99. The largest absolute Gasteiger partial charge is 0.474 e. The van der Waals surface area contributed by atoms with E-state index in [1.165, 1.54) is 0 Å². The number of hydrogen-bond donors (Lipinski definition) is 1. The fraction of sp³-hybridized carbons (Fsp3) is 0.143. The van der Waals surface area contributed by atoms with Crippen molar-refractivity contribution in [3.05, 3.63) is 28.7 Å². The molecule has 0 unspecified atom stereocenters. The van der Waals surface area contributed by atoms with E-state index in [0.717, 1.165) is 0 Å². The summed E-state index contributed by atoms with van der Waals surface area (Å²) in [4.78, 5) is 0. The molecule has 6 heteroatoms. The first kappa shape index (κ1) is 10.5. The molecule has 1 aromatic rings. The van der Waals surface area contributed by atoms with E-state index < -0.39 is 16.1 Å². The van der Waals surface area contributed by atoms with Crippen LogP contribution in [0.3, 0.4) is 0 Å². The van der Waals surface area contributed by atoms with Gasteiger partial charge in [0.15, 0.2) is 0 Å². The van der Waals surface area contributed by atoms with E-state index in [1.54, 1.807) is 24.3 Å². The van der Waals surface area contributed by atoms with Crippen molar-refractivity contribution in [2.75, 3.05) is 5.94 Å². The molecule has 1 aromatic carbocycles. The predicted molar refractivity (Wildman–Crippen MR) is 51.2 cm³/mol. The molecule has 0 spiro atoms. The minimum Gasteiger partial charge on any atom is -0.474 e. The van der Waals surface area contributed by atoms with Gasteiger partial charge >= 0.3 is 10.1 Å². The van der Waals surface area contributed by atoms with Gasteiger partial charge in [-0.1, -0.05) is 12.1 Å². The summed E-state index contributed by atoms with van der Waals surface area (Å²) in [7, 11) is -4.08. The van der Waals surface area contributed by atoms with Gasteiger partial charge < -0.3 is 4.74 Å². The van der Waals surface area contributed by atoms with Gasteiger partial charge in [-0.2, -0.15) is 8.42 Å². The fourth-order valence-corrected chi connectivity index (χ4v) is 1.37. The molecule has 0 aliphatic heterocycles. The van der Waals surface area contributed by atoms with Crippen molar-refractivity contribution < 1.29 is 17.7 Å². The predicted octanol–water partition coefficient (Wildman–Crippen LogP) is 1.67. The van der Waals surface area contributed by atoms with Gasteiger partial charge in [-0.3, -0.25) is 4.55 Å². The van der Waals surface area contributed by atoms with Gasteiger partial charge in [0.25, 0.3) is 0 Å². The summed E-state index contributed by atoms with van der Waals surface area (Å²) in [5, 5.41) is 0. The molecular weight excluding hydrogens is 260 g/mol. The third-order valence-electron chi connectivity index (χ3n) is 1.20. The highest BCUT2D eigenvalue weighted by Crippen LogP contribution is 2.23. The Morgan fingerprint density at radius 3 is 2.54 bits per heavy atom. The summed E-state index contributed by atoms with van der Waals surface area (Å²) in [5.41, 5.74) is 0. The second-order valence-electron chi connectivity index (χ2n) is 2.27. The van der Waals surface area contributed by atoms with Crippen LogP contribution in [-0.4, -0.2) is 18.9 Å². The van der Waals surface area contributed by atoms with E-state index in [1.807, 2.05) is 0 Å². The average Bonchev–Trinajstić information content (AvgIpc) is 2.01. The van der Waals surface area contributed by atoms with Crippen molar-refractivity contribution in [1.29, 1.82) is 0 Å². The molecule has 0 saturated heterocycles. The highest BCUT2D eigenvalue weighted by Gasteiger charge is 2.06. The van der Waals surface area contributed by atoms with Crippen molar-refractivity contribution >= 4 is 26.0 Å². The molecule has 0 amide bonds. The monoisotopic (exact) mass is 266 g/mol. The number of para-hydroxylation sites is 1. The van der Waals surface area contributed by atoms with E-state index in [4.69, 9.17) is 9.29 Å². The molecule has 0 heterocycles. The summed E-state index contributed by atoms with van der Waals surface area (Å²) in [6.45, 7) is 0. The summed E-state index contributed by atoms with van der Waals surface area (Å²) in [6.07, 6.45) is 0. The van der Waals surface area contributed by atoms with Crippen LogP contribution in [0.5, 0.6) is 5.75 Å². The van der Waals surface area contributed by atoms with Crippen LogP contribution in [-0.2, 0) is 10.1 Å². The van der Waals surface area contributed by atoms with Crippen molar-refractivity contribution in [3.63, 3.8) is 0 Å². The fourth-order valence-electron chi connectivity index (χ4n) is 0.700. The zero-order chi connectivity index (χ0) is 9.90. The third-order valence-corrected chi connectivity index (χ3v) is 2.27. The summed E-state index contributed by atoms with van der Waals surface area (Å²) in [6, 6.07) is 6.77. The third kappa shape index (κ3) is 3.75. The Hall–Kier alpha value is -0.590. The minimum atomic E-state index is -4.08. The van der Waals surface area contributed by atoms with Crippen molar-refractivity contribution in [3.8, 4) is 5.75 Å². The normalized spacial score (nSPS) is 11.2. The maximum atomic E-state index is 10.3. The van der Waals surface area contributed by atoms with Crippen LogP contribution in [0.15, 0.2) is 28.7 Å². The SMILES string of the molecule is O=S(=O)(O)COc1ccccc1Br. The molecule has 0 atom stereocenters. The maximum Gasteiger partial charge on any atom is 0.300 e. The molecule has 0 fully saturated rings. The highest BCUT2D eigenvalue weighted by molar-refractivity contribution is 9.10. The second kappa shape index (κ2) is 4.08. The maximum absolute atomic E-state index is 10.3. The van der Waals surface area contributed by atoms with Crippen LogP contribution in [0, 0.1) is 0 Å². The molecule has 4 nitrogen and oxygen atoms in total. The average molecular weight is 267 g/mol. The smallest absolute Gasteiger partial charge is 0.300 e. The molecule has 0 radical (unpaired) electrons. The number of rotatable bonds is 3. The first-order valence-corrected chi connectivity index (χ1v) is 5.72. The quantitative estimate of drug-likeness (QED) is 0.846. The number of benzene rings is 1. The van der Waals surface area contributed by atoms with Crippen molar-refractivity contribution in [2.24, 2.45) is 0 Å². The van der Waals surface area contributed by atoms with Crippen molar-refractivity contribution in [2.45, 2.75) is 0 Å². The van der Waals surface area contributed by atoms with Gasteiger partial charge in [-0.15, -0.1) is 0 Å². The molecule has 13 heavy (non-hydrogen) atoms. The highest BCUT2D eigenvalue weighted by atomic mass is 79.9. The van der Waals surface area contributed by atoms with E-state index in [9.17, 15) is 8.42 Å². The van der Waals surface area contributed by atoms with E-state index in [0.29, 0.717) is 10.2 Å². The Labute approximate surface area is 84.4 Å². The Kier molecular flexibility index (Phi) is 3.29. The first-order valence-electron chi connectivity index (χ1n) is 3.31. The van der Waals surface area contributed by atoms with Gasteiger partial charge in [0.1, 0.15) is 5.75 Å². The lowest BCUT2D eigenvalue weighted by atomic mass is 10.3. The summed E-state index contributed by atoms with van der Waals surface area (Å²) >= 11 is 3.16. The molecule has 1 N–H and O–H groups in total. The summed E-state index contributed by atoms with van der Waals surface area (Å²) in [5.74, 6) is -0.365. The van der Waals surface area contributed by atoms with Gasteiger partial charge in [0.2, 0.25) is 5.94 Å². The molecular formula is C7H7BrO4S. The summed E-state index contributed by atoms with van der Waals surface area (Å²) < 4.78 is 34.5. The van der Waals surface area contributed by atoms with Crippen LogP contribution >= 0.6 is 15.9 Å². The van der Waals surface area contributed by atoms with E-state index >= 15 is 0 Å². The van der Waals surface area contributed by atoms with Crippen LogP contribution < -0.4 is 4.74 Å². The van der Waals surface area contributed by atoms with E-state index in [2.05, 4.69) is 15.9 Å². The van der Waals surface area contributed by atoms with Gasteiger partial charge in [0, 0.05) is 0 Å². The van der Waals surface area contributed by atoms with Crippen LogP contribution in [0.2, 0.25) is 0 Å². The Morgan fingerprint density at radius 2 is 2.00 bits per heavy atom. The van der Waals surface area contributed by atoms with E-state index in [-0.39, 0.29) is 0 Å².